The number of hydrogen-bond acceptors (Lipinski definition) is 9. The normalized spacial score (nSPS) is 10.7. The standard InChI is InChI=1S/C34H31N5O5S/c1-22-4-11-27(12-5-22)37-34-38-29(21-45-34)24-7-9-25(10-8-24)33(41)39-35-19-23-6-17-30(31(18-23)43-3)44-20-32(40)36-26-13-15-28(42-2)16-14-26/h4-19,21H,20H2,1-3H3,(H,36,40)(H,37,38)(H,39,41)/b35-19+. The van der Waals surface area contributed by atoms with Gasteiger partial charge in [0.1, 0.15) is 5.75 Å². The van der Waals surface area contributed by atoms with Crippen molar-refractivity contribution in [2.75, 3.05) is 31.5 Å². The molecule has 0 aliphatic rings. The highest BCUT2D eigenvalue weighted by Crippen LogP contribution is 2.29. The minimum Gasteiger partial charge on any atom is -0.497 e. The zero-order valence-corrected chi connectivity index (χ0v) is 25.7. The molecule has 3 N–H and O–H groups in total. The van der Waals surface area contributed by atoms with Gasteiger partial charge < -0.3 is 24.8 Å². The van der Waals surface area contributed by atoms with Crippen molar-refractivity contribution in [1.29, 1.82) is 0 Å². The number of aromatic nitrogens is 1. The van der Waals surface area contributed by atoms with Crippen molar-refractivity contribution < 1.29 is 23.8 Å². The third kappa shape index (κ3) is 8.46. The van der Waals surface area contributed by atoms with Crippen LogP contribution in [-0.4, -0.2) is 43.8 Å². The largest absolute Gasteiger partial charge is 0.497 e. The number of hydrogen-bond donors (Lipinski definition) is 3. The van der Waals surface area contributed by atoms with Gasteiger partial charge in [-0.25, -0.2) is 10.4 Å². The Balaban J connectivity index is 1.12. The smallest absolute Gasteiger partial charge is 0.271 e. The lowest BCUT2D eigenvalue weighted by Crippen LogP contribution is -2.20. The minimum absolute atomic E-state index is 0.210. The summed E-state index contributed by atoms with van der Waals surface area (Å²) in [5.41, 5.74) is 8.17. The molecule has 0 unspecified atom stereocenters. The third-order valence-corrected chi connectivity index (χ3v) is 7.31. The number of thiazole rings is 1. The molecule has 0 aliphatic heterocycles. The lowest BCUT2D eigenvalue weighted by Gasteiger charge is -2.11. The number of carbonyl (C=O) groups excluding carboxylic acids is 2. The van der Waals surface area contributed by atoms with E-state index in [0.717, 1.165) is 22.1 Å². The molecule has 0 fully saturated rings. The number of carbonyl (C=O) groups is 2. The van der Waals surface area contributed by atoms with Crippen LogP contribution in [0.3, 0.4) is 0 Å². The molecule has 0 saturated carbocycles. The molecule has 10 nitrogen and oxygen atoms in total. The maximum absolute atomic E-state index is 12.7. The Labute approximate surface area is 264 Å². The summed E-state index contributed by atoms with van der Waals surface area (Å²) in [7, 11) is 3.08. The molecule has 0 bridgehead atoms. The van der Waals surface area contributed by atoms with E-state index in [0.29, 0.717) is 34.1 Å². The maximum Gasteiger partial charge on any atom is 0.271 e. The number of nitrogens with one attached hydrogen (secondary N) is 3. The van der Waals surface area contributed by atoms with Crippen LogP contribution in [-0.2, 0) is 4.79 Å². The van der Waals surface area contributed by atoms with Crippen LogP contribution in [0.25, 0.3) is 11.3 Å². The molecule has 0 aliphatic carbocycles. The van der Waals surface area contributed by atoms with Crippen LogP contribution in [0.1, 0.15) is 21.5 Å². The summed E-state index contributed by atoms with van der Waals surface area (Å²) in [5.74, 6) is 0.821. The highest BCUT2D eigenvalue weighted by molar-refractivity contribution is 7.14. The second-order valence-corrected chi connectivity index (χ2v) is 10.6. The molecule has 1 aromatic heterocycles. The van der Waals surface area contributed by atoms with E-state index in [9.17, 15) is 9.59 Å². The quantitative estimate of drug-likeness (QED) is 0.105. The monoisotopic (exact) mass is 621 g/mol. The lowest BCUT2D eigenvalue weighted by atomic mass is 10.1. The first kappa shape index (κ1) is 30.8. The molecule has 0 atom stereocenters. The molecule has 11 heteroatoms. The Morgan fingerprint density at radius 2 is 1.60 bits per heavy atom. The van der Waals surface area contributed by atoms with Gasteiger partial charge in [0.25, 0.3) is 11.8 Å². The van der Waals surface area contributed by atoms with Crippen molar-refractivity contribution in [2.24, 2.45) is 5.10 Å². The Morgan fingerprint density at radius 1 is 0.867 bits per heavy atom. The summed E-state index contributed by atoms with van der Waals surface area (Å²) >= 11 is 1.51. The summed E-state index contributed by atoms with van der Waals surface area (Å²) in [6, 6.07) is 27.4. The van der Waals surface area contributed by atoms with E-state index in [4.69, 9.17) is 14.2 Å². The van der Waals surface area contributed by atoms with Gasteiger partial charge >= 0.3 is 0 Å². The predicted molar refractivity (Wildman–Crippen MR) is 177 cm³/mol. The van der Waals surface area contributed by atoms with Crippen LogP contribution >= 0.6 is 11.3 Å². The summed E-state index contributed by atoms with van der Waals surface area (Å²) in [5, 5.41) is 12.9. The van der Waals surface area contributed by atoms with Crippen molar-refractivity contribution in [3.05, 3.63) is 113 Å². The van der Waals surface area contributed by atoms with E-state index in [1.54, 1.807) is 61.7 Å². The van der Waals surface area contributed by atoms with Gasteiger partial charge in [-0.05, 0) is 79.2 Å². The number of methoxy groups -OCH3 is 2. The first-order chi connectivity index (χ1) is 21.9. The molecule has 0 radical (unpaired) electrons. The van der Waals surface area contributed by atoms with Gasteiger partial charge in [-0.1, -0.05) is 29.8 Å². The summed E-state index contributed by atoms with van der Waals surface area (Å²) in [6.07, 6.45) is 1.49. The van der Waals surface area contributed by atoms with Crippen molar-refractivity contribution in [2.45, 2.75) is 6.92 Å². The molecule has 5 aromatic rings. The van der Waals surface area contributed by atoms with Crippen LogP contribution in [0, 0.1) is 6.92 Å². The minimum atomic E-state index is -0.354. The number of hydrazone groups is 1. The van der Waals surface area contributed by atoms with Crippen LogP contribution in [0.5, 0.6) is 17.2 Å². The van der Waals surface area contributed by atoms with Gasteiger partial charge in [0.05, 0.1) is 26.1 Å². The fourth-order valence-electron chi connectivity index (χ4n) is 4.14. The number of amides is 2. The maximum atomic E-state index is 12.7. The van der Waals surface area contributed by atoms with Crippen molar-refractivity contribution in [1.82, 2.24) is 10.4 Å². The highest BCUT2D eigenvalue weighted by Gasteiger charge is 2.11. The number of rotatable bonds is 12. The number of benzene rings is 4. The van der Waals surface area contributed by atoms with E-state index in [1.807, 2.05) is 48.7 Å². The molecule has 45 heavy (non-hydrogen) atoms. The van der Waals surface area contributed by atoms with Gasteiger partial charge in [0.2, 0.25) is 0 Å². The van der Waals surface area contributed by atoms with E-state index in [2.05, 4.69) is 26.1 Å². The van der Waals surface area contributed by atoms with Gasteiger partial charge in [-0.15, -0.1) is 11.3 Å². The van der Waals surface area contributed by atoms with Crippen molar-refractivity contribution in [3.63, 3.8) is 0 Å². The van der Waals surface area contributed by atoms with Crippen LogP contribution in [0.2, 0.25) is 0 Å². The fraction of sp³-hybridized carbons (Fsp3) is 0.118. The van der Waals surface area contributed by atoms with Crippen LogP contribution in [0.4, 0.5) is 16.5 Å². The number of nitrogens with zero attached hydrogens (tertiary/aromatic N) is 2. The summed E-state index contributed by atoms with van der Waals surface area (Å²) < 4.78 is 16.2. The third-order valence-electron chi connectivity index (χ3n) is 6.55. The molecule has 2 amide bonds. The highest BCUT2D eigenvalue weighted by atomic mass is 32.1. The van der Waals surface area contributed by atoms with Crippen molar-refractivity contribution >= 4 is 45.9 Å². The van der Waals surface area contributed by atoms with Gasteiger partial charge in [-0.2, -0.15) is 5.10 Å². The number of anilines is 3. The number of aryl methyl sites for hydroxylation is 1. The van der Waals surface area contributed by atoms with Crippen LogP contribution < -0.4 is 30.3 Å². The Kier molecular flexibility index (Phi) is 10.0. The summed E-state index contributed by atoms with van der Waals surface area (Å²) in [4.78, 5) is 29.6. The van der Waals surface area contributed by atoms with E-state index >= 15 is 0 Å². The first-order valence-corrected chi connectivity index (χ1v) is 14.8. The zero-order chi connectivity index (χ0) is 31.6. The molecular weight excluding hydrogens is 590 g/mol. The molecule has 1 heterocycles. The average molecular weight is 622 g/mol. The molecule has 5 rings (SSSR count). The molecular formula is C34H31N5O5S. The van der Waals surface area contributed by atoms with Gasteiger partial charge in [0, 0.05) is 27.9 Å². The average Bonchev–Trinajstić information content (AvgIpc) is 3.54. The fourth-order valence-corrected chi connectivity index (χ4v) is 4.88. The zero-order valence-electron chi connectivity index (χ0n) is 24.9. The second kappa shape index (κ2) is 14.7. The number of ether oxygens (including phenoxy) is 3. The molecule has 0 saturated heterocycles. The van der Waals surface area contributed by atoms with Gasteiger partial charge in [0.15, 0.2) is 23.2 Å². The molecule has 0 spiro atoms. The Bertz CT molecular complexity index is 1790. The predicted octanol–water partition coefficient (Wildman–Crippen LogP) is 6.66. The molecule has 228 valence electrons. The van der Waals surface area contributed by atoms with Crippen molar-refractivity contribution in [3.8, 4) is 28.5 Å². The van der Waals surface area contributed by atoms with E-state index in [-0.39, 0.29) is 18.4 Å². The van der Waals surface area contributed by atoms with E-state index in [1.165, 1.54) is 30.2 Å². The SMILES string of the molecule is COc1ccc(NC(=O)COc2ccc(/C=N/NC(=O)c3ccc(-c4csc(Nc5ccc(C)cc5)n4)cc3)cc2OC)cc1. The Hall–Kier alpha value is -5.68. The summed E-state index contributed by atoms with van der Waals surface area (Å²) in [6.45, 7) is 1.84. The second-order valence-electron chi connectivity index (χ2n) is 9.78. The molecule has 4 aromatic carbocycles. The van der Waals surface area contributed by atoms with Gasteiger partial charge in [-0.3, -0.25) is 9.59 Å². The lowest BCUT2D eigenvalue weighted by molar-refractivity contribution is -0.118. The first-order valence-electron chi connectivity index (χ1n) is 13.9. The Morgan fingerprint density at radius 3 is 2.31 bits per heavy atom. The van der Waals surface area contributed by atoms with Crippen LogP contribution in [0.15, 0.2) is 101 Å². The van der Waals surface area contributed by atoms with E-state index < -0.39 is 0 Å². The topological polar surface area (TPSA) is 123 Å².